The van der Waals surface area contributed by atoms with Crippen molar-refractivity contribution in [1.29, 1.82) is 0 Å². The van der Waals surface area contributed by atoms with Gasteiger partial charge in [0.1, 0.15) is 11.9 Å². The van der Waals surface area contributed by atoms with Gasteiger partial charge in [-0.2, -0.15) is 0 Å². The van der Waals surface area contributed by atoms with Crippen LogP contribution in [0.3, 0.4) is 0 Å². The number of benzene rings is 2. The molecule has 3 aromatic rings. The van der Waals surface area contributed by atoms with Crippen molar-refractivity contribution in [2.75, 3.05) is 5.73 Å². The van der Waals surface area contributed by atoms with Crippen molar-refractivity contribution >= 4 is 21.6 Å². The Bertz CT molecular complexity index is 1310. The molecule has 0 amide bonds. The van der Waals surface area contributed by atoms with Crippen molar-refractivity contribution in [3.8, 4) is 11.3 Å². The standard InChI is InChI=1S/C24H28N6O3S/c1-14(2)34(31,32)18-9-7-16(8-10-18)20-13-28-23(26)22(29-20)19-11-21(19)33-24(30-27)17-5-3-15(12-25)4-6-17/h3-10,13-14,19,21H,11-12,25,27H2,1-2H3,(H2,26,28)/b30-24-. The van der Waals surface area contributed by atoms with Crippen molar-refractivity contribution < 1.29 is 13.2 Å². The molecule has 1 saturated carbocycles. The number of nitrogen functional groups attached to an aromatic ring is 1. The van der Waals surface area contributed by atoms with Crippen LogP contribution in [0.15, 0.2) is 64.7 Å². The average Bonchev–Trinajstić information content (AvgIpc) is 3.62. The second kappa shape index (κ2) is 9.40. The predicted octanol–water partition coefficient (Wildman–Crippen LogP) is 2.56. The number of ether oxygens (including phenoxy) is 1. The van der Waals surface area contributed by atoms with Crippen LogP contribution < -0.4 is 17.3 Å². The van der Waals surface area contributed by atoms with Crippen LogP contribution >= 0.6 is 0 Å². The van der Waals surface area contributed by atoms with Crippen molar-refractivity contribution in [1.82, 2.24) is 9.97 Å². The fourth-order valence-corrected chi connectivity index (χ4v) is 4.66. The molecular formula is C24H28N6O3S. The molecule has 1 aliphatic rings. The van der Waals surface area contributed by atoms with Gasteiger partial charge in [0.25, 0.3) is 0 Å². The first-order chi connectivity index (χ1) is 16.2. The summed E-state index contributed by atoms with van der Waals surface area (Å²) in [5, 5.41) is 3.30. The van der Waals surface area contributed by atoms with Crippen LogP contribution in [0.25, 0.3) is 11.3 Å². The molecule has 6 N–H and O–H groups in total. The fraction of sp³-hybridized carbons (Fsp3) is 0.292. The number of aromatic nitrogens is 2. The topological polar surface area (TPSA) is 160 Å². The summed E-state index contributed by atoms with van der Waals surface area (Å²) in [4.78, 5) is 9.29. The normalized spacial score (nSPS) is 18.2. The summed E-state index contributed by atoms with van der Waals surface area (Å²) in [6.45, 7) is 3.77. The lowest BCUT2D eigenvalue weighted by atomic mass is 10.1. The van der Waals surface area contributed by atoms with E-state index in [9.17, 15) is 8.42 Å². The molecule has 0 saturated heterocycles. The maximum absolute atomic E-state index is 12.4. The lowest BCUT2D eigenvalue weighted by Gasteiger charge is -2.11. The molecule has 2 aromatic carbocycles. The van der Waals surface area contributed by atoms with Gasteiger partial charge in [0.15, 0.2) is 9.84 Å². The highest BCUT2D eigenvalue weighted by Crippen LogP contribution is 2.45. The van der Waals surface area contributed by atoms with E-state index in [1.54, 1.807) is 44.3 Å². The molecule has 0 bridgehead atoms. The number of hydrazone groups is 1. The third kappa shape index (κ3) is 4.73. The van der Waals surface area contributed by atoms with Crippen LogP contribution in [0.2, 0.25) is 0 Å². The molecule has 1 fully saturated rings. The van der Waals surface area contributed by atoms with Crippen LogP contribution in [-0.4, -0.2) is 35.6 Å². The highest BCUT2D eigenvalue weighted by molar-refractivity contribution is 7.92. The Morgan fingerprint density at radius 1 is 1.15 bits per heavy atom. The summed E-state index contributed by atoms with van der Waals surface area (Å²) >= 11 is 0. The fourth-order valence-electron chi connectivity index (χ4n) is 3.60. The highest BCUT2D eigenvalue weighted by atomic mass is 32.2. The average molecular weight is 481 g/mol. The quantitative estimate of drug-likeness (QED) is 0.201. The summed E-state index contributed by atoms with van der Waals surface area (Å²) < 4.78 is 30.8. The zero-order valence-electron chi connectivity index (χ0n) is 19.0. The van der Waals surface area contributed by atoms with Gasteiger partial charge in [-0.15, -0.1) is 5.10 Å². The smallest absolute Gasteiger partial charge is 0.237 e. The monoisotopic (exact) mass is 480 g/mol. The van der Waals surface area contributed by atoms with E-state index in [0.717, 1.165) is 16.7 Å². The lowest BCUT2D eigenvalue weighted by molar-refractivity contribution is 0.282. The van der Waals surface area contributed by atoms with Gasteiger partial charge in [-0.25, -0.2) is 18.4 Å². The third-order valence-electron chi connectivity index (χ3n) is 5.83. The molecule has 1 aliphatic carbocycles. The Morgan fingerprint density at radius 3 is 2.41 bits per heavy atom. The number of hydrogen-bond donors (Lipinski definition) is 3. The van der Waals surface area contributed by atoms with Gasteiger partial charge >= 0.3 is 0 Å². The minimum Gasteiger partial charge on any atom is -0.472 e. The zero-order valence-corrected chi connectivity index (χ0v) is 19.9. The maximum Gasteiger partial charge on any atom is 0.237 e. The van der Waals surface area contributed by atoms with Gasteiger partial charge in [0, 0.05) is 23.6 Å². The zero-order chi connectivity index (χ0) is 24.5. The van der Waals surface area contributed by atoms with E-state index < -0.39 is 15.1 Å². The van der Waals surface area contributed by atoms with Crippen LogP contribution in [0, 0.1) is 0 Å². The van der Waals surface area contributed by atoms with Gasteiger partial charge < -0.3 is 22.0 Å². The van der Waals surface area contributed by atoms with Crippen LogP contribution in [0.5, 0.6) is 0 Å². The third-order valence-corrected chi connectivity index (χ3v) is 8.00. The Balaban J connectivity index is 1.51. The van der Waals surface area contributed by atoms with Crippen LogP contribution in [0.4, 0.5) is 5.82 Å². The van der Waals surface area contributed by atoms with Crippen LogP contribution in [0.1, 0.15) is 43.0 Å². The van der Waals surface area contributed by atoms with E-state index in [1.807, 2.05) is 24.3 Å². The van der Waals surface area contributed by atoms with E-state index in [2.05, 4.69) is 10.1 Å². The lowest BCUT2D eigenvalue weighted by Crippen LogP contribution is -2.13. The van der Waals surface area contributed by atoms with Gasteiger partial charge in [0.2, 0.25) is 5.90 Å². The number of rotatable bonds is 7. The van der Waals surface area contributed by atoms with E-state index in [4.69, 9.17) is 27.0 Å². The number of anilines is 1. The Morgan fingerprint density at radius 2 is 1.82 bits per heavy atom. The Labute approximate surface area is 199 Å². The molecule has 34 heavy (non-hydrogen) atoms. The Kier molecular flexibility index (Phi) is 6.54. The molecule has 2 atom stereocenters. The van der Waals surface area contributed by atoms with E-state index >= 15 is 0 Å². The van der Waals surface area contributed by atoms with Gasteiger partial charge in [0.05, 0.1) is 27.7 Å². The summed E-state index contributed by atoms with van der Waals surface area (Å²) in [6, 6.07) is 14.2. The van der Waals surface area contributed by atoms with E-state index in [1.165, 1.54) is 0 Å². The molecule has 10 heteroatoms. The summed E-state index contributed by atoms with van der Waals surface area (Å²) in [5.41, 5.74) is 15.5. The first kappa shape index (κ1) is 23.7. The molecule has 0 spiro atoms. The molecule has 1 heterocycles. The number of sulfone groups is 1. The van der Waals surface area contributed by atoms with E-state index in [-0.39, 0.29) is 16.9 Å². The molecule has 9 nitrogen and oxygen atoms in total. The van der Waals surface area contributed by atoms with Gasteiger partial charge in [-0.3, -0.25) is 0 Å². The van der Waals surface area contributed by atoms with E-state index in [0.29, 0.717) is 36.1 Å². The number of nitrogens with two attached hydrogens (primary N) is 3. The molecule has 0 aliphatic heterocycles. The minimum atomic E-state index is -3.34. The van der Waals surface area contributed by atoms with Gasteiger partial charge in [-0.1, -0.05) is 24.3 Å². The summed E-state index contributed by atoms with van der Waals surface area (Å²) in [7, 11) is -3.34. The second-order valence-corrected chi connectivity index (χ2v) is 11.0. The number of nitrogens with zero attached hydrogens (tertiary/aromatic N) is 3. The van der Waals surface area contributed by atoms with Crippen molar-refractivity contribution in [2.45, 2.75) is 49.0 Å². The largest absolute Gasteiger partial charge is 0.472 e. The van der Waals surface area contributed by atoms with Crippen molar-refractivity contribution in [3.63, 3.8) is 0 Å². The maximum atomic E-state index is 12.4. The SMILES string of the molecule is CC(C)S(=O)(=O)c1ccc(-c2cnc(N)c(C3CC3O/C(=N\N)c3ccc(CN)cc3)n2)cc1. The molecular weight excluding hydrogens is 452 g/mol. The Hall–Kier alpha value is -3.50. The summed E-state index contributed by atoms with van der Waals surface area (Å²) in [5.74, 6) is 6.19. The van der Waals surface area contributed by atoms with Crippen LogP contribution in [-0.2, 0) is 21.1 Å². The molecule has 4 rings (SSSR count). The van der Waals surface area contributed by atoms with Gasteiger partial charge in [-0.05, 0) is 50.1 Å². The number of hydrogen-bond acceptors (Lipinski definition) is 9. The summed E-state index contributed by atoms with van der Waals surface area (Å²) in [6.07, 6.45) is 2.10. The van der Waals surface area contributed by atoms with Crippen molar-refractivity contribution in [3.05, 3.63) is 71.5 Å². The molecule has 1 aromatic heterocycles. The first-order valence-electron chi connectivity index (χ1n) is 10.9. The predicted molar refractivity (Wildman–Crippen MR) is 131 cm³/mol. The minimum absolute atomic E-state index is 0.0480. The first-order valence-corrected chi connectivity index (χ1v) is 12.5. The van der Waals surface area contributed by atoms with Crippen molar-refractivity contribution in [2.24, 2.45) is 16.7 Å². The molecule has 2 unspecified atom stereocenters. The second-order valence-electron chi connectivity index (χ2n) is 8.48. The highest BCUT2D eigenvalue weighted by Gasteiger charge is 2.44. The molecule has 178 valence electrons. The molecule has 0 radical (unpaired) electrons.